The molecule has 1 atom stereocenters. The van der Waals surface area contributed by atoms with Crippen molar-refractivity contribution >= 4 is 38.9 Å². The Morgan fingerprint density at radius 1 is 1.47 bits per heavy atom. The van der Waals surface area contributed by atoms with Gasteiger partial charge in [-0.3, -0.25) is 4.79 Å². The first kappa shape index (κ1) is 14.2. The Balaban J connectivity index is 2.15. The molecule has 19 heavy (non-hydrogen) atoms. The summed E-state index contributed by atoms with van der Waals surface area (Å²) in [6.07, 6.45) is 0.850. The number of halogens is 1. The molecule has 0 bridgehead atoms. The van der Waals surface area contributed by atoms with Crippen molar-refractivity contribution in [1.29, 1.82) is 0 Å². The van der Waals surface area contributed by atoms with Crippen molar-refractivity contribution in [1.82, 2.24) is 0 Å². The zero-order valence-corrected chi connectivity index (χ0v) is 12.9. The van der Waals surface area contributed by atoms with E-state index in [0.29, 0.717) is 0 Å². The van der Waals surface area contributed by atoms with E-state index in [-0.39, 0.29) is 5.91 Å². The van der Waals surface area contributed by atoms with Crippen LogP contribution in [0.4, 0.5) is 5.69 Å². The summed E-state index contributed by atoms with van der Waals surface area (Å²) in [5.74, 6) is -0.181. The number of thiophene rings is 1. The SMILES string of the molecule is CCc1cc(Br)ccc1NC(=O)C(N)c1cccs1. The predicted molar refractivity (Wildman–Crippen MR) is 83.4 cm³/mol. The second-order valence-electron chi connectivity index (χ2n) is 4.14. The number of aryl methyl sites for hydroxylation is 1. The van der Waals surface area contributed by atoms with Crippen LogP contribution in [0, 0.1) is 0 Å². The van der Waals surface area contributed by atoms with Crippen molar-refractivity contribution in [2.45, 2.75) is 19.4 Å². The molecule has 2 aromatic rings. The third kappa shape index (κ3) is 3.43. The molecule has 1 aromatic heterocycles. The average molecular weight is 339 g/mol. The molecule has 0 aliphatic rings. The van der Waals surface area contributed by atoms with Gasteiger partial charge in [0.05, 0.1) is 0 Å². The second-order valence-corrected chi connectivity index (χ2v) is 6.03. The third-order valence-electron chi connectivity index (χ3n) is 2.84. The minimum absolute atomic E-state index is 0.181. The molecule has 5 heteroatoms. The first-order valence-corrected chi connectivity index (χ1v) is 7.67. The molecule has 100 valence electrons. The van der Waals surface area contributed by atoms with Crippen LogP contribution in [0.1, 0.15) is 23.4 Å². The van der Waals surface area contributed by atoms with E-state index in [1.54, 1.807) is 0 Å². The van der Waals surface area contributed by atoms with Crippen LogP contribution >= 0.6 is 27.3 Å². The van der Waals surface area contributed by atoms with Crippen LogP contribution in [0.5, 0.6) is 0 Å². The smallest absolute Gasteiger partial charge is 0.246 e. The molecule has 3 N–H and O–H groups in total. The van der Waals surface area contributed by atoms with Gasteiger partial charge in [0.2, 0.25) is 5.91 Å². The molecule has 0 aliphatic carbocycles. The Bertz CT molecular complexity index is 569. The first-order chi connectivity index (χ1) is 9.11. The fourth-order valence-corrected chi connectivity index (χ4v) is 2.92. The molecule has 0 saturated heterocycles. The number of hydrogen-bond donors (Lipinski definition) is 2. The van der Waals surface area contributed by atoms with Gasteiger partial charge in [-0.2, -0.15) is 0 Å². The molecular weight excluding hydrogens is 324 g/mol. The molecular formula is C14H15BrN2OS. The van der Waals surface area contributed by atoms with Crippen molar-refractivity contribution < 1.29 is 4.79 Å². The van der Waals surface area contributed by atoms with Gasteiger partial charge >= 0.3 is 0 Å². The Hall–Kier alpha value is -1.17. The number of amides is 1. The van der Waals surface area contributed by atoms with Gasteiger partial charge < -0.3 is 11.1 Å². The summed E-state index contributed by atoms with van der Waals surface area (Å²) in [5.41, 5.74) is 7.85. The van der Waals surface area contributed by atoms with Gasteiger partial charge in [-0.15, -0.1) is 11.3 Å². The van der Waals surface area contributed by atoms with Crippen LogP contribution in [0.15, 0.2) is 40.2 Å². The highest BCUT2D eigenvalue weighted by Gasteiger charge is 2.17. The van der Waals surface area contributed by atoms with E-state index < -0.39 is 6.04 Å². The summed E-state index contributed by atoms with van der Waals surface area (Å²) in [6, 6.07) is 8.95. The summed E-state index contributed by atoms with van der Waals surface area (Å²) in [4.78, 5) is 13.0. The van der Waals surface area contributed by atoms with Crippen molar-refractivity contribution in [3.8, 4) is 0 Å². The van der Waals surface area contributed by atoms with Crippen molar-refractivity contribution in [2.24, 2.45) is 5.73 Å². The van der Waals surface area contributed by atoms with Crippen molar-refractivity contribution in [2.75, 3.05) is 5.32 Å². The van der Waals surface area contributed by atoms with Gasteiger partial charge in [0, 0.05) is 15.0 Å². The molecule has 1 heterocycles. The van der Waals surface area contributed by atoms with E-state index >= 15 is 0 Å². The van der Waals surface area contributed by atoms with Crippen molar-refractivity contribution in [3.63, 3.8) is 0 Å². The monoisotopic (exact) mass is 338 g/mol. The molecule has 1 unspecified atom stereocenters. The van der Waals surface area contributed by atoms with E-state index in [2.05, 4.69) is 28.2 Å². The maximum atomic E-state index is 12.1. The zero-order valence-electron chi connectivity index (χ0n) is 10.5. The Morgan fingerprint density at radius 2 is 2.26 bits per heavy atom. The van der Waals surface area contributed by atoms with Gasteiger partial charge in [0.15, 0.2) is 0 Å². The summed E-state index contributed by atoms with van der Waals surface area (Å²) in [5, 5.41) is 4.81. The van der Waals surface area contributed by atoms with Crippen LogP contribution in [0.3, 0.4) is 0 Å². The highest BCUT2D eigenvalue weighted by molar-refractivity contribution is 9.10. The third-order valence-corrected chi connectivity index (χ3v) is 4.29. The zero-order chi connectivity index (χ0) is 13.8. The molecule has 1 aromatic carbocycles. The Labute approximate surface area is 125 Å². The van der Waals surface area contributed by atoms with Gasteiger partial charge in [-0.05, 0) is 41.6 Å². The summed E-state index contributed by atoms with van der Waals surface area (Å²) < 4.78 is 1.00. The van der Waals surface area contributed by atoms with E-state index in [0.717, 1.165) is 27.0 Å². The Kier molecular flexibility index (Phi) is 4.74. The highest BCUT2D eigenvalue weighted by Crippen LogP contribution is 2.23. The number of carbonyl (C=O) groups is 1. The molecule has 0 spiro atoms. The van der Waals surface area contributed by atoms with Crippen LogP contribution in [-0.2, 0) is 11.2 Å². The minimum Gasteiger partial charge on any atom is -0.324 e. The maximum Gasteiger partial charge on any atom is 0.246 e. The number of nitrogens with two attached hydrogens (primary N) is 1. The molecule has 0 radical (unpaired) electrons. The largest absolute Gasteiger partial charge is 0.324 e. The van der Waals surface area contributed by atoms with Gasteiger partial charge in [-0.1, -0.05) is 28.9 Å². The van der Waals surface area contributed by atoms with E-state index in [1.807, 2.05) is 35.7 Å². The van der Waals surface area contributed by atoms with Crippen LogP contribution < -0.4 is 11.1 Å². The topological polar surface area (TPSA) is 55.1 Å². The summed E-state index contributed by atoms with van der Waals surface area (Å²) >= 11 is 4.92. The molecule has 0 saturated carbocycles. The quantitative estimate of drug-likeness (QED) is 0.892. The normalized spacial score (nSPS) is 12.2. The van der Waals surface area contributed by atoms with Crippen LogP contribution in [0.2, 0.25) is 0 Å². The molecule has 2 rings (SSSR count). The van der Waals surface area contributed by atoms with Gasteiger partial charge in [0.25, 0.3) is 0 Å². The summed E-state index contributed by atoms with van der Waals surface area (Å²) in [6.45, 7) is 2.05. The fourth-order valence-electron chi connectivity index (χ4n) is 1.78. The second kappa shape index (κ2) is 6.32. The number of carbonyl (C=O) groups excluding carboxylic acids is 1. The predicted octanol–water partition coefficient (Wildman–Crippen LogP) is 3.71. The first-order valence-electron chi connectivity index (χ1n) is 6.00. The number of nitrogens with one attached hydrogen (secondary N) is 1. The van der Waals surface area contributed by atoms with E-state index in [1.165, 1.54) is 11.3 Å². The number of rotatable bonds is 4. The van der Waals surface area contributed by atoms with Gasteiger partial charge in [0.1, 0.15) is 6.04 Å². The minimum atomic E-state index is -0.617. The summed E-state index contributed by atoms with van der Waals surface area (Å²) in [7, 11) is 0. The maximum absolute atomic E-state index is 12.1. The standard InChI is InChI=1S/C14H15BrN2OS/c1-2-9-8-10(15)5-6-11(9)17-14(18)13(16)12-4-3-7-19-12/h3-8,13H,2,16H2,1H3,(H,17,18). The lowest BCUT2D eigenvalue weighted by molar-refractivity contribution is -0.117. The highest BCUT2D eigenvalue weighted by atomic mass is 79.9. The van der Waals surface area contributed by atoms with E-state index in [9.17, 15) is 4.79 Å². The lowest BCUT2D eigenvalue weighted by atomic mass is 10.1. The van der Waals surface area contributed by atoms with Crippen LogP contribution in [0.25, 0.3) is 0 Å². The average Bonchev–Trinajstić information content (AvgIpc) is 2.93. The van der Waals surface area contributed by atoms with Crippen LogP contribution in [-0.4, -0.2) is 5.91 Å². The number of anilines is 1. The fraction of sp³-hybridized carbons (Fsp3) is 0.214. The lowest BCUT2D eigenvalue weighted by Crippen LogP contribution is -2.27. The van der Waals surface area contributed by atoms with Crippen molar-refractivity contribution in [3.05, 3.63) is 50.6 Å². The molecule has 3 nitrogen and oxygen atoms in total. The van der Waals surface area contributed by atoms with Gasteiger partial charge in [-0.25, -0.2) is 0 Å². The Morgan fingerprint density at radius 3 is 2.89 bits per heavy atom. The number of hydrogen-bond acceptors (Lipinski definition) is 3. The molecule has 0 aliphatic heterocycles. The number of benzene rings is 1. The molecule has 0 fully saturated rings. The molecule has 1 amide bonds. The lowest BCUT2D eigenvalue weighted by Gasteiger charge is -2.13. The van der Waals surface area contributed by atoms with E-state index in [4.69, 9.17) is 5.73 Å².